The Bertz CT molecular complexity index is 954. The van der Waals surface area contributed by atoms with Gasteiger partial charge in [-0.3, -0.25) is 4.79 Å². The Labute approximate surface area is 329 Å². The van der Waals surface area contributed by atoms with Crippen LogP contribution >= 0.6 is 0 Å². The van der Waals surface area contributed by atoms with Crippen molar-refractivity contribution >= 4 is 5.97 Å². The first-order valence-corrected chi connectivity index (χ1v) is 22.2. The van der Waals surface area contributed by atoms with Gasteiger partial charge in [-0.25, -0.2) is 0 Å². The van der Waals surface area contributed by atoms with E-state index in [0.717, 1.165) is 70.6 Å². The first kappa shape index (κ1) is 50.6. The van der Waals surface area contributed by atoms with Crippen molar-refractivity contribution in [3.63, 3.8) is 0 Å². The predicted molar refractivity (Wildman–Crippen MR) is 232 cm³/mol. The molecule has 0 aromatic heterocycles. The lowest BCUT2D eigenvalue weighted by atomic mass is 10.0. The van der Waals surface area contributed by atoms with Crippen molar-refractivity contribution in [2.75, 3.05) is 19.8 Å². The molecule has 0 spiro atoms. The number of hydrogen-bond acceptors (Lipinski definition) is 4. The summed E-state index contributed by atoms with van der Waals surface area (Å²) in [6.07, 6.45) is 63.6. The van der Waals surface area contributed by atoms with Crippen molar-refractivity contribution in [1.82, 2.24) is 0 Å². The summed E-state index contributed by atoms with van der Waals surface area (Å²) in [5.74, 6) is -0.211. The molecule has 0 aliphatic heterocycles. The summed E-state index contributed by atoms with van der Waals surface area (Å²) in [6.45, 7) is 5.09. The van der Waals surface area contributed by atoms with Crippen molar-refractivity contribution in [1.29, 1.82) is 0 Å². The van der Waals surface area contributed by atoms with E-state index in [-0.39, 0.29) is 19.2 Å². The van der Waals surface area contributed by atoms with Crippen LogP contribution in [0.2, 0.25) is 0 Å². The third-order valence-corrected chi connectivity index (χ3v) is 9.22. The molecule has 1 N–H and O–H groups in total. The van der Waals surface area contributed by atoms with Crippen molar-refractivity contribution in [2.24, 2.45) is 0 Å². The van der Waals surface area contributed by atoms with Crippen LogP contribution in [0.5, 0.6) is 0 Å². The number of rotatable bonds is 40. The quantitative estimate of drug-likeness (QED) is 0.0387. The molecule has 0 bridgehead atoms. The van der Waals surface area contributed by atoms with Crippen molar-refractivity contribution in [3.05, 3.63) is 85.1 Å². The Balaban J connectivity index is 3.46. The SMILES string of the molecule is CC/C=C\C/C=C\C/C=C\C/C=C\CCCCCCCCCCCCCCC(=O)OC(CO)COCCCCCCCC/C=C\C/C=C\C/C=C\CC. The van der Waals surface area contributed by atoms with Gasteiger partial charge < -0.3 is 14.6 Å². The predicted octanol–water partition coefficient (Wildman–Crippen LogP) is 14.8. The molecule has 4 nitrogen and oxygen atoms in total. The highest BCUT2D eigenvalue weighted by atomic mass is 16.6. The van der Waals surface area contributed by atoms with E-state index in [4.69, 9.17) is 9.47 Å². The Morgan fingerprint density at radius 3 is 1.19 bits per heavy atom. The van der Waals surface area contributed by atoms with E-state index in [1.165, 1.54) is 103 Å². The van der Waals surface area contributed by atoms with Crippen LogP contribution in [0.15, 0.2) is 85.1 Å². The molecule has 0 amide bonds. The summed E-state index contributed by atoms with van der Waals surface area (Å²) in [5.41, 5.74) is 0. The van der Waals surface area contributed by atoms with Crippen LogP contribution in [0, 0.1) is 0 Å². The molecule has 0 aliphatic rings. The minimum Gasteiger partial charge on any atom is -0.457 e. The average molecular weight is 737 g/mol. The third-order valence-electron chi connectivity index (χ3n) is 9.22. The molecule has 53 heavy (non-hydrogen) atoms. The Morgan fingerprint density at radius 2 is 0.792 bits per heavy atom. The van der Waals surface area contributed by atoms with E-state index < -0.39 is 6.10 Å². The molecule has 1 unspecified atom stereocenters. The zero-order chi connectivity index (χ0) is 38.4. The monoisotopic (exact) mass is 737 g/mol. The van der Waals surface area contributed by atoms with E-state index in [2.05, 4.69) is 98.9 Å². The molecule has 0 aliphatic carbocycles. The van der Waals surface area contributed by atoms with E-state index in [1.54, 1.807) is 0 Å². The maximum Gasteiger partial charge on any atom is 0.306 e. The minimum absolute atomic E-state index is 0.182. The maximum atomic E-state index is 12.2. The average Bonchev–Trinajstić information content (AvgIpc) is 3.16. The van der Waals surface area contributed by atoms with Gasteiger partial charge in [0.15, 0.2) is 0 Å². The van der Waals surface area contributed by atoms with E-state index in [0.29, 0.717) is 13.0 Å². The molecule has 0 aromatic rings. The smallest absolute Gasteiger partial charge is 0.306 e. The Kier molecular flexibility index (Phi) is 43.6. The van der Waals surface area contributed by atoms with Gasteiger partial charge >= 0.3 is 5.97 Å². The topological polar surface area (TPSA) is 55.8 Å². The number of aliphatic hydroxyl groups excluding tert-OH is 1. The molecule has 304 valence electrons. The fourth-order valence-corrected chi connectivity index (χ4v) is 5.98. The summed E-state index contributed by atoms with van der Waals surface area (Å²) < 4.78 is 11.2. The van der Waals surface area contributed by atoms with E-state index >= 15 is 0 Å². The van der Waals surface area contributed by atoms with Gasteiger partial charge in [0, 0.05) is 13.0 Å². The number of hydrogen-bond donors (Lipinski definition) is 1. The lowest BCUT2D eigenvalue weighted by Crippen LogP contribution is -2.27. The Morgan fingerprint density at radius 1 is 0.453 bits per heavy atom. The van der Waals surface area contributed by atoms with E-state index in [9.17, 15) is 9.90 Å². The van der Waals surface area contributed by atoms with Gasteiger partial charge in [-0.05, 0) is 83.5 Å². The summed E-state index contributed by atoms with van der Waals surface area (Å²) in [5, 5.41) is 9.61. The molecule has 4 heteroatoms. The van der Waals surface area contributed by atoms with Crippen LogP contribution in [0.25, 0.3) is 0 Å². The molecular weight excluding hydrogens is 653 g/mol. The number of aliphatic hydroxyl groups is 1. The van der Waals surface area contributed by atoms with Crippen LogP contribution < -0.4 is 0 Å². The Hall–Kier alpha value is -2.43. The molecule has 0 fully saturated rings. The highest BCUT2D eigenvalue weighted by Gasteiger charge is 2.13. The number of ether oxygens (including phenoxy) is 2. The lowest BCUT2D eigenvalue weighted by molar-refractivity contribution is -0.154. The molecule has 1 atom stereocenters. The first-order chi connectivity index (χ1) is 26.2. The number of unbranched alkanes of at least 4 members (excludes halogenated alkanes) is 18. The lowest BCUT2D eigenvalue weighted by Gasteiger charge is -2.15. The molecule has 0 aromatic carbocycles. The number of carbonyl (C=O) groups excluding carboxylic acids is 1. The second kappa shape index (κ2) is 45.7. The van der Waals surface area contributed by atoms with Gasteiger partial charge in [-0.1, -0.05) is 189 Å². The van der Waals surface area contributed by atoms with Crippen molar-refractivity contribution in [3.8, 4) is 0 Å². The second-order valence-corrected chi connectivity index (χ2v) is 14.4. The molecule has 0 saturated heterocycles. The molecular formula is C49H84O4. The normalized spacial score (nSPS) is 13.2. The molecule has 0 rings (SSSR count). The van der Waals surface area contributed by atoms with Gasteiger partial charge in [0.2, 0.25) is 0 Å². The fraction of sp³-hybridized carbons (Fsp3) is 0.694. The van der Waals surface area contributed by atoms with Gasteiger partial charge in [0.05, 0.1) is 13.2 Å². The van der Waals surface area contributed by atoms with Crippen LogP contribution in [-0.4, -0.2) is 37.0 Å². The van der Waals surface area contributed by atoms with Gasteiger partial charge in [-0.2, -0.15) is 0 Å². The zero-order valence-electron chi connectivity index (χ0n) is 34.8. The minimum atomic E-state index is -0.547. The van der Waals surface area contributed by atoms with Crippen molar-refractivity contribution in [2.45, 2.75) is 200 Å². The van der Waals surface area contributed by atoms with Crippen LogP contribution in [0.4, 0.5) is 0 Å². The number of allylic oxidation sites excluding steroid dienone is 14. The van der Waals surface area contributed by atoms with E-state index in [1.807, 2.05) is 0 Å². The first-order valence-electron chi connectivity index (χ1n) is 22.2. The van der Waals surface area contributed by atoms with Crippen LogP contribution in [0.1, 0.15) is 194 Å². The fourth-order valence-electron chi connectivity index (χ4n) is 5.98. The second-order valence-electron chi connectivity index (χ2n) is 14.4. The highest BCUT2D eigenvalue weighted by Crippen LogP contribution is 2.14. The molecule has 0 saturated carbocycles. The van der Waals surface area contributed by atoms with Crippen LogP contribution in [-0.2, 0) is 14.3 Å². The van der Waals surface area contributed by atoms with Gasteiger partial charge in [-0.15, -0.1) is 0 Å². The molecule has 0 heterocycles. The number of carbonyl (C=O) groups is 1. The largest absolute Gasteiger partial charge is 0.457 e. The standard InChI is InChI=1S/C49H84O4/c1-3-5-7-9-11-13-15-17-19-21-22-23-24-25-26-27-28-29-30-32-34-36-38-40-42-44-49(51)53-48(46-50)47-52-45-43-41-39-37-35-33-31-20-18-16-14-12-10-8-6-4-2/h5-8,11-14,17-20,22-23,48,50H,3-4,9-10,15-16,21,24-47H2,1-2H3/b7-5-,8-6-,13-11-,14-12-,19-17-,20-18-,23-22-. The molecule has 0 radical (unpaired) electrons. The van der Waals surface area contributed by atoms with Crippen molar-refractivity contribution < 1.29 is 19.4 Å². The summed E-state index contributed by atoms with van der Waals surface area (Å²) in [6, 6.07) is 0. The summed E-state index contributed by atoms with van der Waals surface area (Å²) >= 11 is 0. The third kappa shape index (κ3) is 43.9. The summed E-state index contributed by atoms with van der Waals surface area (Å²) in [7, 11) is 0. The highest BCUT2D eigenvalue weighted by molar-refractivity contribution is 5.69. The summed E-state index contributed by atoms with van der Waals surface area (Å²) in [4.78, 5) is 12.2. The van der Waals surface area contributed by atoms with Crippen LogP contribution in [0.3, 0.4) is 0 Å². The zero-order valence-corrected chi connectivity index (χ0v) is 34.8. The number of esters is 1. The maximum absolute atomic E-state index is 12.2. The van der Waals surface area contributed by atoms with Gasteiger partial charge in [0.25, 0.3) is 0 Å². The van der Waals surface area contributed by atoms with Gasteiger partial charge in [0.1, 0.15) is 6.10 Å².